The number of likely N-dealkylation sites (N-methyl/N-ethyl adjacent to an activating group) is 1. The highest BCUT2D eigenvalue weighted by atomic mass is 32.1. The lowest BCUT2D eigenvalue weighted by Gasteiger charge is -2.22. The topological polar surface area (TPSA) is 3.24 Å². The van der Waals surface area contributed by atoms with Gasteiger partial charge in [-0.2, -0.15) is 12.6 Å². The SMILES string of the molecule is CN(CC(F)F)CC(CS)c1ccccc1. The Bertz CT molecular complexity index is 292. The summed E-state index contributed by atoms with van der Waals surface area (Å²) in [6.45, 7) is 0.426. The zero-order chi connectivity index (χ0) is 12.0. The van der Waals surface area contributed by atoms with Gasteiger partial charge in [-0.3, -0.25) is 0 Å². The lowest BCUT2D eigenvalue weighted by atomic mass is 10.0. The molecule has 0 bridgehead atoms. The summed E-state index contributed by atoms with van der Waals surface area (Å²) in [4.78, 5) is 1.65. The summed E-state index contributed by atoms with van der Waals surface area (Å²) in [5, 5.41) is 0. The highest BCUT2D eigenvalue weighted by Gasteiger charge is 2.14. The van der Waals surface area contributed by atoms with Gasteiger partial charge in [-0.1, -0.05) is 30.3 Å². The Labute approximate surface area is 101 Å². The zero-order valence-corrected chi connectivity index (χ0v) is 10.2. The molecular formula is C12H17F2NS. The van der Waals surface area contributed by atoms with Crippen molar-refractivity contribution in [3.8, 4) is 0 Å². The molecule has 0 aromatic heterocycles. The highest BCUT2D eigenvalue weighted by Crippen LogP contribution is 2.18. The fraction of sp³-hybridized carbons (Fsp3) is 0.500. The Morgan fingerprint density at radius 3 is 2.31 bits per heavy atom. The molecule has 0 saturated carbocycles. The Balaban J connectivity index is 2.56. The molecule has 90 valence electrons. The number of hydrogen-bond acceptors (Lipinski definition) is 2. The van der Waals surface area contributed by atoms with Crippen LogP contribution in [0.2, 0.25) is 0 Å². The van der Waals surface area contributed by atoms with Gasteiger partial charge in [0.2, 0.25) is 0 Å². The first-order valence-corrected chi connectivity index (χ1v) is 5.89. The van der Waals surface area contributed by atoms with E-state index in [2.05, 4.69) is 12.6 Å². The van der Waals surface area contributed by atoms with Gasteiger partial charge < -0.3 is 4.90 Å². The monoisotopic (exact) mass is 245 g/mol. The van der Waals surface area contributed by atoms with E-state index in [4.69, 9.17) is 0 Å². The minimum absolute atomic E-state index is 0.183. The van der Waals surface area contributed by atoms with E-state index in [-0.39, 0.29) is 12.5 Å². The summed E-state index contributed by atoms with van der Waals surface area (Å²) >= 11 is 4.28. The number of alkyl halides is 2. The van der Waals surface area contributed by atoms with Gasteiger partial charge in [0.15, 0.2) is 0 Å². The summed E-state index contributed by atoms with van der Waals surface area (Å²) < 4.78 is 24.4. The molecule has 1 aromatic rings. The van der Waals surface area contributed by atoms with Crippen LogP contribution in [-0.2, 0) is 0 Å². The molecule has 0 spiro atoms. The standard InChI is InChI=1S/C12H17F2NS/c1-15(8-12(13)14)7-11(9-16)10-5-3-2-4-6-10/h2-6,11-12,16H,7-9H2,1H3. The predicted molar refractivity (Wildman–Crippen MR) is 66.5 cm³/mol. The van der Waals surface area contributed by atoms with Crippen LogP contribution >= 0.6 is 12.6 Å². The van der Waals surface area contributed by atoms with Crippen molar-refractivity contribution in [1.82, 2.24) is 4.90 Å². The first kappa shape index (κ1) is 13.5. The first-order valence-electron chi connectivity index (χ1n) is 5.26. The van der Waals surface area contributed by atoms with Crippen LogP contribution in [0.4, 0.5) is 8.78 Å². The van der Waals surface area contributed by atoms with E-state index in [1.54, 1.807) is 11.9 Å². The largest absolute Gasteiger partial charge is 0.300 e. The van der Waals surface area contributed by atoms with Gasteiger partial charge in [0.25, 0.3) is 6.43 Å². The maximum atomic E-state index is 12.2. The third-order valence-electron chi connectivity index (χ3n) is 2.47. The van der Waals surface area contributed by atoms with Crippen LogP contribution in [0.1, 0.15) is 11.5 Å². The zero-order valence-electron chi connectivity index (χ0n) is 9.31. The Hall–Kier alpha value is -0.610. The fourth-order valence-electron chi connectivity index (χ4n) is 1.68. The van der Waals surface area contributed by atoms with Gasteiger partial charge in [0, 0.05) is 12.5 Å². The number of rotatable bonds is 6. The highest BCUT2D eigenvalue weighted by molar-refractivity contribution is 7.80. The maximum Gasteiger partial charge on any atom is 0.251 e. The molecule has 0 aliphatic heterocycles. The molecular weight excluding hydrogens is 228 g/mol. The second kappa shape index (κ2) is 6.86. The molecule has 1 nitrogen and oxygen atoms in total. The summed E-state index contributed by atoms with van der Waals surface area (Å²) in [6.07, 6.45) is -2.28. The van der Waals surface area contributed by atoms with Crippen LogP contribution in [0.5, 0.6) is 0 Å². The molecule has 0 aliphatic carbocycles. The molecule has 0 aliphatic rings. The van der Waals surface area contributed by atoms with E-state index in [0.717, 1.165) is 5.56 Å². The molecule has 0 radical (unpaired) electrons. The van der Waals surface area contributed by atoms with Gasteiger partial charge in [0.1, 0.15) is 0 Å². The van der Waals surface area contributed by atoms with Crippen LogP contribution in [-0.4, -0.2) is 37.2 Å². The van der Waals surface area contributed by atoms with Crippen molar-refractivity contribution in [3.05, 3.63) is 35.9 Å². The van der Waals surface area contributed by atoms with Crippen molar-refractivity contribution in [2.24, 2.45) is 0 Å². The third kappa shape index (κ3) is 4.49. The van der Waals surface area contributed by atoms with Crippen molar-refractivity contribution < 1.29 is 8.78 Å². The quantitative estimate of drug-likeness (QED) is 0.754. The molecule has 1 aromatic carbocycles. The van der Waals surface area contributed by atoms with E-state index in [1.165, 1.54) is 0 Å². The number of thiol groups is 1. The van der Waals surface area contributed by atoms with E-state index in [9.17, 15) is 8.78 Å². The smallest absolute Gasteiger partial charge is 0.251 e. The number of benzene rings is 1. The Kier molecular flexibility index (Phi) is 5.77. The van der Waals surface area contributed by atoms with Gasteiger partial charge >= 0.3 is 0 Å². The molecule has 16 heavy (non-hydrogen) atoms. The average molecular weight is 245 g/mol. The van der Waals surface area contributed by atoms with Crippen LogP contribution in [0, 0.1) is 0 Å². The minimum Gasteiger partial charge on any atom is -0.300 e. The van der Waals surface area contributed by atoms with E-state index in [1.807, 2.05) is 30.3 Å². The lowest BCUT2D eigenvalue weighted by Crippen LogP contribution is -2.29. The van der Waals surface area contributed by atoms with Crippen molar-refractivity contribution in [3.63, 3.8) is 0 Å². The minimum atomic E-state index is -2.28. The molecule has 1 rings (SSSR count). The molecule has 0 N–H and O–H groups in total. The van der Waals surface area contributed by atoms with Crippen molar-refractivity contribution in [2.45, 2.75) is 12.3 Å². The van der Waals surface area contributed by atoms with Crippen molar-refractivity contribution >= 4 is 12.6 Å². The van der Waals surface area contributed by atoms with Crippen LogP contribution < -0.4 is 0 Å². The molecule has 0 fully saturated rings. The van der Waals surface area contributed by atoms with E-state index < -0.39 is 6.43 Å². The maximum absolute atomic E-state index is 12.2. The summed E-state index contributed by atoms with van der Waals surface area (Å²) in [5.41, 5.74) is 1.15. The number of hydrogen-bond donors (Lipinski definition) is 1. The van der Waals surface area contributed by atoms with Gasteiger partial charge in [-0.25, -0.2) is 8.78 Å². The van der Waals surface area contributed by atoms with Crippen LogP contribution in [0.3, 0.4) is 0 Å². The molecule has 4 heteroatoms. The van der Waals surface area contributed by atoms with Crippen LogP contribution in [0.25, 0.3) is 0 Å². The summed E-state index contributed by atoms with van der Waals surface area (Å²) in [7, 11) is 1.71. The summed E-state index contributed by atoms with van der Waals surface area (Å²) in [5.74, 6) is 0.866. The lowest BCUT2D eigenvalue weighted by molar-refractivity contribution is 0.0985. The third-order valence-corrected chi connectivity index (χ3v) is 2.91. The Morgan fingerprint density at radius 2 is 1.81 bits per heavy atom. The fourth-order valence-corrected chi connectivity index (χ4v) is 2.01. The van der Waals surface area contributed by atoms with Gasteiger partial charge in [-0.15, -0.1) is 0 Å². The van der Waals surface area contributed by atoms with Crippen molar-refractivity contribution in [2.75, 3.05) is 25.9 Å². The molecule has 1 atom stereocenters. The first-order chi connectivity index (χ1) is 7.63. The molecule has 0 heterocycles. The van der Waals surface area contributed by atoms with E-state index >= 15 is 0 Å². The Morgan fingerprint density at radius 1 is 1.19 bits per heavy atom. The normalized spacial score (nSPS) is 13.4. The van der Waals surface area contributed by atoms with Gasteiger partial charge in [-0.05, 0) is 18.4 Å². The summed E-state index contributed by atoms with van der Waals surface area (Å²) in [6, 6.07) is 9.88. The second-order valence-corrected chi connectivity index (χ2v) is 4.27. The number of halogens is 2. The van der Waals surface area contributed by atoms with Crippen LogP contribution in [0.15, 0.2) is 30.3 Å². The van der Waals surface area contributed by atoms with E-state index in [0.29, 0.717) is 12.3 Å². The van der Waals surface area contributed by atoms with Gasteiger partial charge in [0.05, 0.1) is 6.54 Å². The number of nitrogens with zero attached hydrogens (tertiary/aromatic N) is 1. The molecule has 0 amide bonds. The molecule has 0 saturated heterocycles. The van der Waals surface area contributed by atoms with Crippen molar-refractivity contribution in [1.29, 1.82) is 0 Å². The second-order valence-electron chi connectivity index (χ2n) is 3.90. The molecule has 1 unspecified atom stereocenters. The predicted octanol–water partition coefficient (Wildman–Crippen LogP) is 2.90. The average Bonchev–Trinajstić information content (AvgIpc) is 2.26.